The highest BCUT2D eigenvalue weighted by molar-refractivity contribution is 5.88. The van der Waals surface area contributed by atoms with Crippen molar-refractivity contribution in [3.05, 3.63) is 54.0 Å². The molecule has 0 fully saturated rings. The molecule has 0 amide bonds. The van der Waals surface area contributed by atoms with Gasteiger partial charge in [0, 0.05) is 23.9 Å². The van der Waals surface area contributed by atoms with Gasteiger partial charge in [-0.1, -0.05) is 24.3 Å². The van der Waals surface area contributed by atoms with Crippen LogP contribution in [0.25, 0.3) is 11.3 Å². The topological polar surface area (TPSA) is 85.8 Å². The van der Waals surface area contributed by atoms with Gasteiger partial charge in [0.05, 0.1) is 24.5 Å². The first-order valence-electron chi connectivity index (χ1n) is 7.41. The molecular formula is C16H17N5O2. The van der Waals surface area contributed by atoms with Crippen molar-refractivity contribution in [3.63, 3.8) is 0 Å². The van der Waals surface area contributed by atoms with E-state index in [2.05, 4.69) is 22.3 Å². The monoisotopic (exact) mass is 311 g/mol. The minimum absolute atomic E-state index is 0.254. The molecule has 23 heavy (non-hydrogen) atoms. The number of rotatable bonds is 6. The summed E-state index contributed by atoms with van der Waals surface area (Å²) in [5.41, 5.74) is 2.87. The summed E-state index contributed by atoms with van der Waals surface area (Å²) >= 11 is 0. The second-order valence-corrected chi connectivity index (χ2v) is 5.30. The number of nitrogens with zero attached hydrogens (tertiary/aromatic N) is 5. The summed E-state index contributed by atoms with van der Waals surface area (Å²) in [6.45, 7) is 3.61. The standard InChI is InChI=1S/C16H17N5O2/c1-2-7-20-9-12(8-17-20)10-21-11-15(18-19-21)13-3-5-14(6-4-13)16(22)23/h3-6,8-9,11H,2,7,10H2,1H3,(H,22,23). The molecule has 3 rings (SSSR count). The number of hydrogen-bond acceptors (Lipinski definition) is 4. The number of hydrogen-bond donors (Lipinski definition) is 1. The molecule has 0 aliphatic heterocycles. The number of carboxylic acid groups (broad SMARTS) is 1. The van der Waals surface area contributed by atoms with Gasteiger partial charge in [0.2, 0.25) is 0 Å². The van der Waals surface area contributed by atoms with Crippen LogP contribution >= 0.6 is 0 Å². The van der Waals surface area contributed by atoms with E-state index in [-0.39, 0.29) is 5.56 Å². The third-order valence-electron chi connectivity index (χ3n) is 3.45. The maximum atomic E-state index is 10.9. The number of aryl methyl sites for hydroxylation is 1. The fourth-order valence-electron chi connectivity index (χ4n) is 2.32. The molecule has 0 aliphatic carbocycles. The molecule has 0 bridgehead atoms. The van der Waals surface area contributed by atoms with Gasteiger partial charge in [0.25, 0.3) is 0 Å². The molecule has 2 heterocycles. The van der Waals surface area contributed by atoms with Crippen molar-refractivity contribution in [1.29, 1.82) is 0 Å². The van der Waals surface area contributed by atoms with Crippen molar-refractivity contribution in [1.82, 2.24) is 24.8 Å². The fourth-order valence-corrected chi connectivity index (χ4v) is 2.32. The van der Waals surface area contributed by atoms with Crippen LogP contribution in [-0.2, 0) is 13.1 Å². The Bertz CT molecular complexity index is 804. The Kier molecular flexibility index (Phi) is 4.18. The van der Waals surface area contributed by atoms with E-state index in [1.807, 2.05) is 23.3 Å². The first-order chi connectivity index (χ1) is 11.2. The van der Waals surface area contributed by atoms with Gasteiger partial charge < -0.3 is 5.11 Å². The van der Waals surface area contributed by atoms with Crippen LogP contribution in [-0.4, -0.2) is 35.9 Å². The predicted molar refractivity (Wildman–Crippen MR) is 84.0 cm³/mol. The van der Waals surface area contributed by atoms with Crippen LogP contribution in [0.4, 0.5) is 0 Å². The van der Waals surface area contributed by atoms with Crippen LogP contribution in [0.2, 0.25) is 0 Å². The average Bonchev–Trinajstić information content (AvgIpc) is 3.18. The molecule has 7 nitrogen and oxygen atoms in total. The van der Waals surface area contributed by atoms with Gasteiger partial charge >= 0.3 is 5.97 Å². The highest BCUT2D eigenvalue weighted by Crippen LogP contribution is 2.17. The second-order valence-electron chi connectivity index (χ2n) is 5.30. The van der Waals surface area contributed by atoms with E-state index < -0.39 is 5.97 Å². The normalized spacial score (nSPS) is 10.8. The molecule has 1 aromatic carbocycles. The first kappa shape index (κ1) is 15.0. The van der Waals surface area contributed by atoms with Gasteiger partial charge in [0.15, 0.2) is 0 Å². The van der Waals surface area contributed by atoms with Gasteiger partial charge in [-0.05, 0) is 18.6 Å². The number of aromatic carboxylic acids is 1. The Morgan fingerprint density at radius 3 is 2.65 bits per heavy atom. The van der Waals surface area contributed by atoms with E-state index in [9.17, 15) is 4.79 Å². The lowest BCUT2D eigenvalue weighted by Crippen LogP contribution is -2.00. The third kappa shape index (κ3) is 3.45. The van der Waals surface area contributed by atoms with E-state index in [4.69, 9.17) is 5.11 Å². The molecule has 0 saturated carbocycles. The number of aromatic nitrogens is 5. The fraction of sp³-hybridized carbons (Fsp3) is 0.250. The van der Waals surface area contributed by atoms with Crippen molar-refractivity contribution in [2.24, 2.45) is 0 Å². The molecule has 0 spiro atoms. The Hall–Kier alpha value is -2.96. The lowest BCUT2D eigenvalue weighted by molar-refractivity contribution is 0.0697. The molecule has 0 unspecified atom stereocenters. The quantitative estimate of drug-likeness (QED) is 0.755. The molecule has 0 radical (unpaired) electrons. The molecule has 2 aromatic heterocycles. The van der Waals surface area contributed by atoms with E-state index in [1.165, 1.54) is 0 Å². The zero-order chi connectivity index (χ0) is 16.2. The molecule has 0 atom stereocenters. The summed E-state index contributed by atoms with van der Waals surface area (Å²) < 4.78 is 3.66. The summed E-state index contributed by atoms with van der Waals surface area (Å²) in [7, 11) is 0. The predicted octanol–water partition coefficient (Wildman–Crippen LogP) is 2.30. The highest BCUT2D eigenvalue weighted by atomic mass is 16.4. The number of carboxylic acids is 1. The Labute approximate surface area is 133 Å². The SMILES string of the molecule is CCCn1cc(Cn2cc(-c3ccc(C(=O)O)cc3)nn2)cn1. The third-order valence-corrected chi connectivity index (χ3v) is 3.45. The largest absolute Gasteiger partial charge is 0.478 e. The smallest absolute Gasteiger partial charge is 0.335 e. The lowest BCUT2D eigenvalue weighted by atomic mass is 10.1. The van der Waals surface area contributed by atoms with E-state index in [0.717, 1.165) is 24.1 Å². The zero-order valence-corrected chi connectivity index (χ0v) is 12.8. The number of carbonyl (C=O) groups is 1. The minimum atomic E-state index is -0.940. The summed E-state index contributed by atoms with van der Waals surface area (Å²) in [4.78, 5) is 10.9. The van der Waals surface area contributed by atoms with Crippen molar-refractivity contribution >= 4 is 5.97 Å². The maximum absolute atomic E-state index is 10.9. The summed E-state index contributed by atoms with van der Waals surface area (Å²) in [5.74, 6) is -0.940. The van der Waals surface area contributed by atoms with Gasteiger partial charge in [-0.25, -0.2) is 9.48 Å². The molecule has 0 aliphatic rings. The molecule has 118 valence electrons. The van der Waals surface area contributed by atoms with Crippen molar-refractivity contribution < 1.29 is 9.90 Å². The van der Waals surface area contributed by atoms with Crippen molar-refractivity contribution in [2.75, 3.05) is 0 Å². The van der Waals surface area contributed by atoms with Gasteiger partial charge in [0.1, 0.15) is 5.69 Å². The summed E-state index contributed by atoms with van der Waals surface area (Å²) in [5, 5.41) is 21.5. The maximum Gasteiger partial charge on any atom is 0.335 e. The van der Waals surface area contributed by atoms with Crippen LogP contribution in [0.1, 0.15) is 29.3 Å². The van der Waals surface area contributed by atoms with E-state index in [0.29, 0.717) is 12.2 Å². The Morgan fingerprint density at radius 2 is 1.96 bits per heavy atom. The summed E-state index contributed by atoms with van der Waals surface area (Å²) in [6, 6.07) is 6.59. The van der Waals surface area contributed by atoms with Crippen molar-refractivity contribution in [3.8, 4) is 11.3 Å². The average molecular weight is 311 g/mol. The molecule has 3 aromatic rings. The van der Waals surface area contributed by atoms with Crippen molar-refractivity contribution in [2.45, 2.75) is 26.4 Å². The van der Waals surface area contributed by atoms with Crippen LogP contribution in [0.15, 0.2) is 42.9 Å². The Morgan fingerprint density at radius 1 is 1.17 bits per heavy atom. The molecule has 0 saturated heterocycles. The summed E-state index contributed by atoms with van der Waals surface area (Å²) in [6.07, 6.45) is 6.72. The second kappa shape index (κ2) is 6.43. The van der Waals surface area contributed by atoms with Gasteiger partial charge in [-0.3, -0.25) is 4.68 Å². The zero-order valence-electron chi connectivity index (χ0n) is 12.8. The minimum Gasteiger partial charge on any atom is -0.478 e. The first-order valence-corrected chi connectivity index (χ1v) is 7.41. The Balaban J connectivity index is 1.73. The van der Waals surface area contributed by atoms with E-state index >= 15 is 0 Å². The lowest BCUT2D eigenvalue weighted by Gasteiger charge is -1.98. The molecular weight excluding hydrogens is 294 g/mol. The van der Waals surface area contributed by atoms with Crippen LogP contribution < -0.4 is 0 Å². The molecule has 1 N–H and O–H groups in total. The van der Waals surface area contributed by atoms with Crippen LogP contribution in [0, 0.1) is 0 Å². The van der Waals surface area contributed by atoms with Gasteiger partial charge in [-0.15, -0.1) is 5.10 Å². The van der Waals surface area contributed by atoms with E-state index in [1.54, 1.807) is 28.9 Å². The van der Waals surface area contributed by atoms with Crippen LogP contribution in [0.5, 0.6) is 0 Å². The number of benzene rings is 1. The molecule has 7 heteroatoms. The van der Waals surface area contributed by atoms with Gasteiger partial charge in [-0.2, -0.15) is 5.10 Å². The highest BCUT2D eigenvalue weighted by Gasteiger charge is 2.07. The van der Waals surface area contributed by atoms with Crippen LogP contribution in [0.3, 0.4) is 0 Å².